The Kier molecular flexibility index (Phi) is 14.6. The summed E-state index contributed by atoms with van der Waals surface area (Å²) in [5.74, 6) is 4.24. The second-order valence-corrected chi connectivity index (χ2v) is 11.9. The summed E-state index contributed by atoms with van der Waals surface area (Å²) in [6.45, 7) is 0.00420. The molecule has 2 aliphatic rings. The number of hydrogen-bond donors (Lipinski definition) is 5. The molecule has 0 spiro atoms. The molecule has 222 valence electrons. The maximum Gasteiger partial charge on any atom is 0.261 e. The highest BCUT2D eigenvalue weighted by atomic mass is 32.2. The average molecular weight is 599 g/mol. The highest BCUT2D eigenvalue weighted by Crippen LogP contribution is 2.31. The van der Waals surface area contributed by atoms with Crippen LogP contribution in [-0.4, -0.2) is 62.7 Å². The molecule has 2 aromatic rings. The van der Waals surface area contributed by atoms with Crippen molar-refractivity contribution in [1.82, 2.24) is 10.6 Å². The molecule has 0 saturated heterocycles. The summed E-state index contributed by atoms with van der Waals surface area (Å²) in [6.07, 6.45) is 15.3. The van der Waals surface area contributed by atoms with E-state index >= 15 is 0 Å². The van der Waals surface area contributed by atoms with Gasteiger partial charge in [-0.25, -0.2) is 0 Å². The summed E-state index contributed by atoms with van der Waals surface area (Å²) >= 11 is 0. The van der Waals surface area contributed by atoms with E-state index in [0.717, 1.165) is 25.7 Å². The Labute approximate surface area is 245 Å². The Morgan fingerprint density at radius 3 is 1.38 bits per heavy atom. The largest absolute Gasteiger partial charge is 0.394 e. The van der Waals surface area contributed by atoms with E-state index in [2.05, 4.69) is 34.6 Å². The van der Waals surface area contributed by atoms with Crippen LogP contribution in [0.1, 0.15) is 66.5 Å². The Morgan fingerprint density at radius 1 is 0.825 bits per heavy atom. The van der Waals surface area contributed by atoms with E-state index in [1.807, 2.05) is 36.4 Å². The van der Waals surface area contributed by atoms with Gasteiger partial charge >= 0.3 is 0 Å². The summed E-state index contributed by atoms with van der Waals surface area (Å²) in [7, 11) is -7.33. The molecule has 0 amide bonds. The number of aryl methyl sites for hydroxylation is 2. The van der Waals surface area contributed by atoms with Crippen molar-refractivity contribution in [2.45, 2.75) is 57.7 Å². The molecule has 2 aliphatic carbocycles. The quantitative estimate of drug-likeness (QED) is 0.264. The smallest absolute Gasteiger partial charge is 0.261 e. The van der Waals surface area contributed by atoms with Gasteiger partial charge in [-0.1, -0.05) is 60.4 Å². The Bertz CT molecular complexity index is 1360. The molecule has 11 heteroatoms. The van der Waals surface area contributed by atoms with Crippen LogP contribution in [-0.2, 0) is 33.1 Å². The number of fused-ring (bicyclic) bond motifs is 2. The van der Waals surface area contributed by atoms with Gasteiger partial charge in [0.05, 0.1) is 31.0 Å². The summed E-state index contributed by atoms with van der Waals surface area (Å²) < 4.78 is 81.7. The molecule has 0 heterocycles. The number of terminal acetylenes is 2. The number of nitrogens with one attached hydrogen (secondary N) is 2. The van der Waals surface area contributed by atoms with Gasteiger partial charge in [0.15, 0.2) is 0 Å². The van der Waals surface area contributed by atoms with Crippen molar-refractivity contribution in [3.05, 3.63) is 70.8 Å². The highest BCUT2D eigenvalue weighted by molar-refractivity contribution is 7.85. The van der Waals surface area contributed by atoms with Crippen LogP contribution in [0, 0.1) is 24.7 Å². The van der Waals surface area contributed by atoms with Gasteiger partial charge in [0.1, 0.15) is 0 Å². The first-order valence-corrected chi connectivity index (χ1v) is 15.9. The molecule has 4 rings (SSSR count). The Balaban J connectivity index is 0.000000595. The normalized spacial score (nSPS) is 18.6. The van der Waals surface area contributed by atoms with Gasteiger partial charge < -0.3 is 5.11 Å². The van der Waals surface area contributed by atoms with Crippen molar-refractivity contribution in [3.63, 3.8) is 0 Å². The SMILES string of the molecule is CC(C)O.CS(=O)(=O)O.CS(=O)(=O)O.[2H]C([2H])(C#C)N[C@@H]1CCc2ccccc21.[2H]C([2H])(C#C)N[C@@H]1CCc2ccccc21. The fourth-order valence-electron chi connectivity index (χ4n) is 3.67. The predicted octanol–water partition coefficient (Wildman–Crippen LogP) is 3.19. The molecule has 2 atom stereocenters. The van der Waals surface area contributed by atoms with Crippen LogP contribution in [0.15, 0.2) is 48.5 Å². The third kappa shape index (κ3) is 20.2. The molecule has 2 aromatic carbocycles. The van der Waals surface area contributed by atoms with Crippen LogP contribution in [0.4, 0.5) is 0 Å². The van der Waals surface area contributed by atoms with Crippen molar-refractivity contribution in [1.29, 1.82) is 0 Å². The van der Waals surface area contributed by atoms with E-state index in [-0.39, 0.29) is 18.2 Å². The monoisotopic (exact) mass is 598 g/mol. The fraction of sp³-hybridized carbons (Fsp3) is 0.448. The molecule has 0 radical (unpaired) electrons. The summed E-state index contributed by atoms with van der Waals surface area (Å²) in [5.41, 5.74) is 4.94. The van der Waals surface area contributed by atoms with Gasteiger partial charge in [-0.2, -0.15) is 16.8 Å². The number of aliphatic hydroxyl groups is 1. The molecule has 0 fully saturated rings. The second kappa shape index (κ2) is 19.4. The molecule has 0 unspecified atom stereocenters. The third-order valence-corrected chi connectivity index (χ3v) is 4.90. The first kappa shape index (κ1) is 30.2. The van der Waals surface area contributed by atoms with Crippen molar-refractivity contribution in [2.75, 3.05) is 25.5 Å². The van der Waals surface area contributed by atoms with E-state index < -0.39 is 33.2 Å². The van der Waals surface area contributed by atoms with Crippen LogP contribution >= 0.6 is 0 Å². The molecule has 0 saturated carbocycles. The molecule has 0 aromatic heterocycles. The summed E-state index contributed by atoms with van der Waals surface area (Å²) in [4.78, 5) is 0. The van der Waals surface area contributed by atoms with Crippen LogP contribution < -0.4 is 10.6 Å². The number of benzene rings is 2. The van der Waals surface area contributed by atoms with Gasteiger partial charge in [0.25, 0.3) is 20.2 Å². The average Bonchev–Trinajstić information content (AvgIpc) is 3.46. The molecule has 40 heavy (non-hydrogen) atoms. The minimum atomic E-state index is -3.67. The second-order valence-electron chi connectivity index (χ2n) is 8.97. The summed E-state index contributed by atoms with van der Waals surface area (Å²) in [6, 6.07) is 16.3. The third-order valence-electron chi connectivity index (χ3n) is 4.90. The first-order chi connectivity index (χ1) is 20.0. The predicted molar refractivity (Wildman–Crippen MR) is 161 cm³/mol. The summed E-state index contributed by atoms with van der Waals surface area (Å²) in [5, 5.41) is 13.8. The highest BCUT2D eigenvalue weighted by Gasteiger charge is 2.21. The molecule has 0 bridgehead atoms. The Hall–Kier alpha value is -2.74. The van der Waals surface area contributed by atoms with Gasteiger partial charge in [-0.15, -0.1) is 12.8 Å². The van der Waals surface area contributed by atoms with Crippen molar-refractivity contribution in [2.24, 2.45) is 0 Å². The van der Waals surface area contributed by atoms with Gasteiger partial charge in [0, 0.05) is 18.2 Å². The fourth-order valence-corrected chi connectivity index (χ4v) is 3.67. The van der Waals surface area contributed by atoms with Gasteiger partial charge in [-0.05, 0) is 61.8 Å². The van der Waals surface area contributed by atoms with E-state index in [1.165, 1.54) is 22.3 Å². The lowest BCUT2D eigenvalue weighted by atomic mass is 10.1. The minimum absolute atomic E-state index is 0.0484. The maximum atomic E-state index is 9.19. The van der Waals surface area contributed by atoms with E-state index in [0.29, 0.717) is 12.5 Å². The topological polar surface area (TPSA) is 153 Å². The van der Waals surface area contributed by atoms with Crippen LogP contribution in [0.3, 0.4) is 0 Å². The van der Waals surface area contributed by atoms with Crippen LogP contribution in [0.2, 0.25) is 0 Å². The zero-order valence-electron chi connectivity index (χ0n) is 27.1. The number of hydrogen-bond acceptors (Lipinski definition) is 7. The number of rotatable bonds is 4. The van der Waals surface area contributed by atoms with E-state index in [9.17, 15) is 16.8 Å². The number of aliphatic hydroxyl groups excluding tert-OH is 1. The van der Waals surface area contributed by atoms with Crippen molar-refractivity contribution in [3.8, 4) is 24.7 Å². The van der Waals surface area contributed by atoms with Crippen LogP contribution in [0.5, 0.6) is 0 Å². The van der Waals surface area contributed by atoms with Crippen molar-refractivity contribution >= 4 is 20.2 Å². The van der Waals surface area contributed by atoms with E-state index in [1.54, 1.807) is 13.8 Å². The van der Waals surface area contributed by atoms with E-state index in [4.69, 9.17) is 32.5 Å². The first-order valence-electron chi connectivity index (χ1n) is 14.2. The molecular formula is C29H42N2O7S2. The standard InChI is InChI=1S/2C12H13N.C3H8O.2CH4O3S/c2*1-2-9-13-12-8-7-10-5-3-4-6-11(10)12;1-3(2)4;2*1-5(2,3)4/h2*1,3-6,12-13H,7-9H2;3-4H,1-2H3;2*1H3,(H,2,3,4)/t2*12-;;;/m11.../s1/i2*9D2;;;. The van der Waals surface area contributed by atoms with Gasteiger partial charge in [-0.3, -0.25) is 19.7 Å². The van der Waals surface area contributed by atoms with Gasteiger partial charge in [0.2, 0.25) is 0 Å². The zero-order valence-corrected chi connectivity index (χ0v) is 24.8. The lowest BCUT2D eigenvalue weighted by Gasteiger charge is -2.10. The molecule has 5 N–H and O–H groups in total. The lowest BCUT2D eigenvalue weighted by molar-refractivity contribution is 0.216. The zero-order chi connectivity index (χ0) is 34.4. The molecule has 0 aliphatic heterocycles. The van der Waals surface area contributed by atoms with Crippen LogP contribution in [0.25, 0.3) is 0 Å². The van der Waals surface area contributed by atoms with Crippen molar-refractivity contribution < 1.29 is 36.5 Å². The lowest BCUT2D eigenvalue weighted by Crippen LogP contribution is -2.19. The Morgan fingerprint density at radius 2 is 1.10 bits per heavy atom. The molecule has 9 nitrogen and oxygen atoms in total. The maximum absolute atomic E-state index is 9.19. The molecular weight excluding hydrogens is 552 g/mol. The minimum Gasteiger partial charge on any atom is -0.394 e.